The molecule has 0 aliphatic rings. The second-order valence-corrected chi connectivity index (χ2v) is 4.34. The maximum absolute atomic E-state index is 13.0. The van der Waals surface area contributed by atoms with Crippen molar-refractivity contribution in [3.8, 4) is 0 Å². The Morgan fingerprint density at radius 1 is 1.36 bits per heavy atom. The lowest BCUT2D eigenvalue weighted by Gasteiger charge is -2.03. The Balaban J connectivity index is 2.84. The van der Waals surface area contributed by atoms with Crippen molar-refractivity contribution in [3.63, 3.8) is 0 Å². The summed E-state index contributed by atoms with van der Waals surface area (Å²) < 4.78 is 39.9. The van der Waals surface area contributed by atoms with E-state index in [0.717, 1.165) is 0 Å². The van der Waals surface area contributed by atoms with Crippen molar-refractivity contribution in [2.24, 2.45) is 0 Å². The number of benzene rings is 1. The molecule has 0 N–H and O–H groups in total. The Kier molecular flexibility index (Phi) is 3.60. The predicted molar refractivity (Wildman–Crippen MR) is 50.6 cm³/mol. The Bertz CT molecular complexity index is 400. The van der Waals surface area contributed by atoms with Crippen LogP contribution in [-0.2, 0) is 20.1 Å². The van der Waals surface area contributed by atoms with E-state index in [9.17, 15) is 12.8 Å². The van der Waals surface area contributed by atoms with E-state index in [1.807, 2.05) is 0 Å². The second-order valence-electron chi connectivity index (χ2n) is 2.70. The fraction of sp³-hybridized carbons (Fsp3) is 0.333. The average Bonchev–Trinajstić information content (AvgIpc) is 2.08. The van der Waals surface area contributed by atoms with Gasteiger partial charge in [-0.05, 0) is 13.0 Å². The van der Waals surface area contributed by atoms with E-state index in [-0.39, 0.29) is 12.2 Å². The van der Waals surface area contributed by atoms with Crippen LogP contribution in [0.15, 0.2) is 24.3 Å². The zero-order chi connectivity index (χ0) is 10.6. The minimum absolute atomic E-state index is 0.0663. The molecule has 0 aliphatic heterocycles. The van der Waals surface area contributed by atoms with Crippen LogP contribution in [0.2, 0.25) is 0 Å². The number of hydrogen-bond acceptors (Lipinski definition) is 3. The van der Waals surface area contributed by atoms with Gasteiger partial charge in [0.05, 0.1) is 6.61 Å². The highest BCUT2D eigenvalue weighted by atomic mass is 32.2. The van der Waals surface area contributed by atoms with Crippen molar-refractivity contribution in [1.82, 2.24) is 0 Å². The summed E-state index contributed by atoms with van der Waals surface area (Å²) in [7, 11) is -3.65. The Morgan fingerprint density at radius 2 is 2.00 bits per heavy atom. The fourth-order valence-electron chi connectivity index (χ4n) is 1.03. The molecule has 14 heavy (non-hydrogen) atoms. The summed E-state index contributed by atoms with van der Waals surface area (Å²) in [4.78, 5) is 0. The predicted octanol–water partition coefficient (Wildman–Crippen LogP) is 1.69. The molecule has 0 spiro atoms. The first-order valence-electron chi connectivity index (χ1n) is 4.15. The van der Waals surface area contributed by atoms with Crippen molar-refractivity contribution in [3.05, 3.63) is 35.6 Å². The Hall–Kier alpha value is -0.940. The van der Waals surface area contributed by atoms with E-state index in [0.29, 0.717) is 0 Å². The van der Waals surface area contributed by atoms with E-state index in [2.05, 4.69) is 4.18 Å². The summed E-state index contributed by atoms with van der Waals surface area (Å²) in [6.07, 6.45) is 0. The van der Waals surface area contributed by atoms with Gasteiger partial charge in [-0.15, -0.1) is 0 Å². The van der Waals surface area contributed by atoms with Gasteiger partial charge in [-0.2, -0.15) is 8.42 Å². The summed E-state index contributed by atoms with van der Waals surface area (Å²) in [5.41, 5.74) is 0.126. The Morgan fingerprint density at radius 3 is 2.57 bits per heavy atom. The zero-order valence-electron chi connectivity index (χ0n) is 7.73. The molecule has 0 unspecified atom stereocenters. The first-order valence-corrected chi connectivity index (χ1v) is 5.73. The third-order valence-corrected chi connectivity index (χ3v) is 2.85. The molecular weight excluding hydrogens is 207 g/mol. The van der Waals surface area contributed by atoms with Crippen LogP contribution < -0.4 is 0 Å². The highest BCUT2D eigenvalue weighted by molar-refractivity contribution is 7.85. The van der Waals surface area contributed by atoms with Crippen molar-refractivity contribution in [2.45, 2.75) is 12.7 Å². The molecule has 0 fully saturated rings. The van der Waals surface area contributed by atoms with Crippen LogP contribution >= 0.6 is 0 Å². The smallest absolute Gasteiger partial charge is 0.270 e. The van der Waals surface area contributed by atoms with Gasteiger partial charge in [0.15, 0.2) is 0 Å². The van der Waals surface area contributed by atoms with Crippen LogP contribution in [0.25, 0.3) is 0 Å². The van der Waals surface area contributed by atoms with Gasteiger partial charge in [-0.25, -0.2) is 4.39 Å². The molecule has 0 bridgehead atoms. The number of hydrogen-bond donors (Lipinski definition) is 0. The zero-order valence-corrected chi connectivity index (χ0v) is 8.55. The van der Waals surface area contributed by atoms with Gasteiger partial charge in [0.1, 0.15) is 11.6 Å². The maximum Gasteiger partial charge on any atom is 0.271 e. The van der Waals surface area contributed by atoms with E-state index in [4.69, 9.17) is 0 Å². The molecule has 0 aromatic heterocycles. The van der Waals surface area contributed by atoms with Crippen molar-refractivity contribution in [2.75, 3.05) is 6.61 Å². The molecule has 1 rings (SSSR count). The van der Waals surface area contributed by atoms with Crippen LogP contribution in [0.3, 0.4) is 0 Å². The lowest BCUT2D eigenvalue weighted by Crippen LogP contribution is -2.09. The molecule has 3 nitrogen and oxygen atoms in total. The van der Waals surface area contributed by atoms with Gasteiger partial charge in [-0.1, -0.05) is 18.2 Å². The minimum atomic E-state index is -3.65. The molecule has 1 aromatic rings. The quantitative estimate of drug-likeness (QED) is 0.722. The van der Waals surface area contributed by atoms with Crippen molar-refractivity contribution < 1.29 is 17.0 Å². The number of halogens is 1. The van der Waals surface area contributed by atoms with Crippen LogP contribution in [0, 0.1) is 5.82 Å². The molecule has 5 heteroatoms. The first kappa shape index (κ1) is 11.1. The average molecular weight is 218 g/mol. The third kappa shape index (κ3) is 3.08. The molecule has 0 saturated heterocycles. The molecule has 1 aromatic carbocycles. The van der Waals surface area contributed by atoms with E-state index >= 15 is 0 Å². The molecule has 0 saturated carbocycles. The van der Waals surface area contributed by atoms with Crippen LogP contribution in [-0.4, -0.2) is 15.0 Å². The standard InChI is InChI=1S/C9H11FO3S/c1-2-13-14(11,12)7-8-5-3-4-6-9(8)10/h3-6H,2,7H2,1H3. The van der Waals surface area contributed by atoms with Gasteiger partial charge < -0.3 is 0 Å². The molecule has 0 radical (unpaired) electrons. The normalized spacial score (nSPS) is 11.6. The van der Waals surface area contributed by atoms with E-state index < -0.39 is 21.7 Å². The van der Waals surface area contributed by atoms with Crippen LogP contribution in [0.5, 0.6) is 0 Å². The SMILES string of the molecule is CCOS(=O)(=O)Cc1ccccc1F. The summed E-state index contributed by atoms with van der Waals surface area (Å²) in [6.45, 7) is 1.63. The molecule has 78 valence electrons. The topological polar surface area (TPSA) is 43.4 Å². The van der Waals surface area contributed by atoms with Gasteiger partial charge in [0.25, 0.3) is 10.1 Å². The summed E-state index contributed by atoms with van der Waals surface area (Å²) in [6, 6.07) is 5.73. The second kappa shape index (κ2) is 4.52. The van der Waals surface area contributed by atoms with Gasteiger partial charge in [-0.3, -0.25) is 4.18 Å². The minimum Gasteiger partial charge on any atom is -0.270 e. The first-order chi connectivity index (χ1) is 6.55. The largest absolute Gasteiger partial charge is 0.271 e. The molecule has 0 aliphatic carbocycles. The summed E-state index contributed by atoms with van der Waals surface area (Å²) in [5.74, 6) is -0.955. The van der Waals surface area contributed by atoms with E-state index in [1.54, 1.807) is 13.0 Å². The van der Waals surface area contributed by atoms with Crippen molar-refractivity contribution >= 4 is 10.1 Å². The van der Waals surface area contributed by atoms with Gasteiger partial charge in [0, 0.05) is 5.56 Å². The Labute approximate surface area is 82.6 Å². The summed E-state index contributed by atoms with van der Waals surface area (Å²) in [5, 5.41) is 0. The van der Waals surface area contributed by atoms with Gasteiger partial charge >= 0.3 is 0 Å². The van der Waals surface area contributed by atoms with Crippen LogP contribution in [0.4, 0.5) is 4.39 Å². The monoisotopic (exact) mass is 218 g/mol. The van der Waals surface area contributed by atoms with Gasteiger partial charge in [0.2, 0.25) is 0 Å². The summed E-state index contributed by atoms with van der Waals surface area (Å²) >= 11 is 0. The molecular formula is C9H11FO3S. The highest BCUT2D eigenvalue weighted by Crippen LogP contribution is 2.11. The fourth-order valence-corrected chi connectivity index (χ4v) is 2.08. The van der Waals surface area contributed by atoms with E-state index in [1.165, 1.54) is 18.2 Å². The lowest BCUT2D eigenvalue weighted by atomic mass is 10.2. The highest BCUT2D eigenvalue weighted by Gasteiger charge is 2.13. The molecule has 0 heterocycles. The lowest BCUT2D eigenvalue weighted by molar-refractivity contribution is 0.337. The molecule has 0 amide bonds. The van der Waals surface area contributed by atoms with Crippen LogP contribution in [0.1, 0.15) is 12.5 Å². The van der Waals surface area contributed by atoms with Crippen molar-refractivity contribution in [1.29, 1.82) is 0 Å². The third-order valence-electron chi connectivity index (χ3n) is 1.59. The molecule has 0 atom stereocenters. The number of rotatable bonds is 4. The maximum atomic E-state index is 13.0.